The van der Waals surface area contributed by atoms with E-state index in [1.807, 2.05) is 12.1 Å². The number of hydrogen-bond acceptors (Lipinski definition) is 5. The maximum atomic E-state index is 8.78. The summed E-state index contributed by atoms with van der Waals surface area (Å²) in [6.07, 6.45) is 2.09. The lowest BCUT2D eigenvalue weighted by Crippen LogP contribution is -2.06. The quantitative estimate of drug-likeness (QED) is 0.713. The van der Waals surface area contributed by atoms with Crippen LogP contribution in [0.3, 0.4) is 0 Å². The van der Waals surface area contributed by atoms with E-state index in [0.29, 0.717) is 18.1 Å². The molecule has 2 rings (SSSR count). The average Bonchev–Trinajstić information content (AvgIpc) is 2.68. The third kappa shape index (κ3) is 1.60. The van der Waals surface area contributed by atoms with E-state index >= 15 is 0 Å². The number of aromatic nitrogens is 5. The molecule has 0 saturated heterocycles. The molecule has 2 aromatic rings. The molecule has 0 fully saturated rings. The van der Waals surface area contributed by atoms with Crippen LogP contribution in [0.4, 0.5) is 0 Å². The predicted molar refractivity (Wildman–Crippen MR) is 47.7 cm³/mol. The van der Waals surface area contributed by atoms with Gasteiger partial charge in [0.25, 0.3) is 0 Å². The molecule has 0 saturated carbocycles. The van der Waals surface area contributed by atoms with Crippen molar-refractivity contribution in [3.8, 4) is 5.82 Å². The molecule has 0 aliphatic rings. The van der Waals surface area contributed by atoms with Crippen molar-refractivity contribution in [3.63, 3.8) is 0 Å². The summed E-state index contributed by atoms with van der Waals surface area (Å²) in [5.74, 6) is 1.26. The molecule has 1 N–H and O–H groups in total. The van der Waals surface area contributed by atoms with E-state index in [2.05, 4.69) is 20.5 Å². The van der Waals surface area contributed by atoms with Gasteiger partial charge in [0, 0.05) is 12.6 Å². The Morgan fingerprint density at radius 2 is 2.29 bits per heavy atom. The monoisotopic (exact) mass is 191 g/mol. The molecule has 0 aliphatic heterocycles. The largest absolute Gasteiger partial charge is 0.396 e. The van der Waals surface area contributed by atoms with Crippen LogP contribution in [-0.4, -0.2) is 36.9 Å². The second-order valence-corrected chi connectivity index (χ2v) is 2.67. The van der Waals surface area contributed by atoms with E-state index in [4.69, 9.17) is 5.11 Å². The molecule has 0 amide bonds. The van der Waals surface area contributed by atoms with Crippen LogP contribution in [0.25, 0.3) is 5.82 Å². The van der Waals surface area contributed by atoms with Gasteiger partial charge in [0.2, 0.25) is 0 Å². The molecule has 2 aromatic heterocycles. The third-order valence-electron chi connectivity index (χ3n) is 1.74. The van der Waals surface area contributed by atoms with Crippen LogP contribution in [0.2, 0.25) is 0 Å². The molecule has 0 atom stereocenters. The molecule has 6 heteroatoms. The standard InChI is InChI=1S/C8H9N5O/c14-6-4-8-10-11-12-13(8)7-3-1-2-5-9-7/h1-3,5,14H,4,6H2. The summed E-state index contributed by atoms with van der Waals surface area (Å²) in [4.78, 5) is 4.10. The van der Waals surface area contributed by atoms with Crippen molar-refractivity contribution >= 4 is 0 Å². The molecule has 0 aliphatic carbocycles. The highest BCUT2D eigenvalue weighted by atomic mass is 16.3. The zero-order valence-electron chi connectivity index (χ0n) is 7.41. The lowest BCUT2D eigenvalue weighted by molar-refractivity contribution is 0.295. The summed E-state index contributed by atoms with van der Waals surface area (Å²) in [6.45, 7) is 0.0210. The lowest BCUT2D eigenvalue weighted by atomic mass is 10.4. The Hall–Kier alpha value is -1.82. The Balaban J connectivity index is 2.37. The minimum absolute atomic E-state index is 0.0210. The van der Waals surface area contributed by atoms with Gasteiger partial charge in [-0.05, 0) is 22.6 Å². The van der Waals surface area contributed by atoms with Crippen molar-refractivity contribution in [1.29, 1.82) is 0 Å². The Labute approximate surface area is 80.2 Å². The van der Waals surface area contributed by atoms with Crippen molar-refractivity contribution in [2.45, 2.75) is 6.42 Å². The highest BCUT2D eigenvalue weighted by Crippen LogP contribution is 2.03. The molecular weight excluding hydrogens is 182 g/mol. The topological polar surface area (TPSA) is 76.7 Å². The summed E-state index contributed by atoms with van der Waals surface area (Å²) in [6, 6.07) is 5.48. The number of aliphatic hydroxyl groups excluding tert-OH is 1. The van der Waals surface area contributed by atoms with Crippen LogP contribution < -0.4 is 0 Å². The lowest BCUT2D eigenvalue weighted by Gasteiger charge is -2.00. The molecule has 72 valence electrons. The molecular formula is C8H9N5O. The Morgan fingerprint density at radius 1 is 1.36 bits per heavy atom. The van der Waals surface area contributed by atoms with Crippen LogP contribution in [0.5, 0.6) is 0 Å². The second kappa shape index (κ2) is 3.93. The maximum absolute atomic E-state index is 8.78. The van der Waals surface area contributed by atoms with Gasteiger partial charge in [0.1, 0.15) is 0 Å². The van der Waals surface area contributed by atoms with E-state index in [-0.39, 0.29) is 6.61 Å². The van der Waals surface area contributed by atoms with Gasteiger partial charge in [-0.15, -0.1) is 5.10 Å². The number of rotatable bonds is 3. The fraction of sp³-hybridized carbons (Fsp3) is 0.250. The molecule has 2 heterocycles. The van der Waals surface area contributed by atoms with Gasteiger partial charge < -0.3 is 5.11 Å². The molecule has 0 unspecified atom stereocenters. The highest BCUT2D eigenvalue weighted by molar-refractivity contribution is 5.20. The van der Waals surface area contributed by atoms with Crippen LogP contribution in [0.1, 0.15) is 5.82 Å². The SMILES string of the molecule is OCCc1nnnn1-c1ccccn1. The second-order valence-electron chi connectivity index (χ2n) is 2.67. The van der Waals surface area contributed by atoms with Crippen LogP contribution >= 0.6 is 0 Å². The number of hydrogen-bond donors (Lipinski definition) is 1. The minimum atomic E-state index is 0.0210. The number of tetrazole rings is 1. The molecule has 0 bridgehead atoms. The van der Waals surface area contributed by atoms with Crippen molar-refractivity contribution in [2.24, 2.45) is 0 Å². The fourth-order valence-corrected chi connectivity index (χ4v) is 1.12. The van der Waals surface area contributed by atoms with Gasteiger partial charge in [-0.25, -0.2) is 4.98 Å². The number of aliphatic hydroxyl groups is 1. The summed E-state index contributed by atoms with van der Waals surface area (Å²) < 4.78 is 1.51. The van der Waals surface area contributed by atoms with Crippen molar-refractivity contribution in [1.82, 2.24) is 25.2 Å². The van der Waals surface area contributed by atoms with E-state index in [1.165, 1.54) is 4.68 Å². The van der Waals surface area contributed by atoms with Crippen molar-refractivity contribution in [2.75, 3.05) is 6.61 Å². The highest BCUT2D eigenvalue weighted by Gasteiger charge is 2.07. The summed E-state index contributed by atoms with van der Waals surface area (Å²) >= 11 is 0. The van der Waals surface area contributed by atoms with Gasteiger partial charge in [-0.1, -0.05) is 6.07 Å². The van der Waals surface area contributed by atoms with E-state index in [9.17, 15) is 0 Å². The van der Waals surface area contributed by atoms with Gasteiger partial charge in [-0.2, -0.15) is 4.68 Å². The van der Waals surface area contributed by atoms with Gasteiger partial charge in [-0.3, -0.25) is 0 Å². The van der Waals surface area contributed by atoms with Crippen LogP contribution in [0, 0.1) is 0 Å². The van der Waals surface area contributed by atoms with Gasteiger partial charge in [0.15, 0.2) is 11.6 Å². The average molecular weight is 191 g/mol. The van der Waals surface area contributed by atoms with Gasteiger partial charge >= 0.3 is 0 Å². The smallest absolute Gasteiger partial charge is 0.160 e. The zero-order valence-corrected chi connectivity index (χ0v) is 7.41. The first kappa shape index (κ1) is 8.76. The first-order valence-corrected chi connectivity index (χ1v) is 4.21. The Bertz CT molecular complexity index is 399. The molecule has 6 nitrogen and oxygen atoms in total. The first-order valence-electron chi connectivity index (χ1n) is 4.21. The fourth-order valence-electron chi connectivity index (χ4n) is 1.12. The molecule has 0 spiro atoms. The van der Waals surface area contributed by atoms with Crippen molar-refractivity contribution in [3.05, 3.63) is 30.2 Å². The van der Waals surface area contributed by atoms with Crippen molar-refractivity contribution < 1.29 is 5.11 Å². The first-order chi connectivity index (χ1) is 6.92. The van der Waals surface area contributed by atoms with Gasteiger partial charge in [0.05, 0.1) is 6.61 Å². The van der Waals surface area contributed by atoms with Crippen LogP contribution in [0.15, 0.2) is 24.4 Å². The summed E-state index contributed by atoms with van der Waals surface area (Å²) in [5, 5.41) is 19.9. The van der Waals surface area contributed by atoms with Crippen LogP contribution in [-0.2, 0) is 6.42 Å². The molecule has 0 radical (unpaired) electrons. The summed E-state index contributed by atoms with van der Waals surface area (Å²) in [5.41, 5.74) is 0. The van der Waals surface area contributed by atoms with E-state index < -0.39 is 0 Å². The predicted octanol–water partition coefficient (Wildman–Crippen LogP) is -0.408. The number of nitrogens with zero attached hydrogens (tertiary/aromatic N) is 5. The number of pyridine rings is 1. The molecule has 14 heavy (non-hydrogen) atoms. The maximum Gasteiger partial charge on any atom is 0.160 e. The van der Waals surface area contributed by atoms with E-state index in [1.54, 1.807) is 12.3 Å². The zero-order chi connectivity index (χ0) is 9.80. The molecule has 0 aromatic carbocycles. The Morgan fingerprint density at radius 3 is 3.00 bits per heavy atom. The Kier molecular flexibility index (Phi) is 2.46. The normalized spacial score (nSPS) is 10.4. The third-order valence-corrected chi connectivity index (χ3v) is 1.74. The minimum Gasteiger partial charge on any atom is -0.396 e. The summed E-state index contributed by atoms with van der Waals surface area (Å²) in [7, 11) is 0. The van der Waals surface area contributed by atoms with E-state index in [0.717, 1.165) is 0 Å².